The molecule has 1 aliphatic heterocycles. The summed E-state index contributed by atoms with van der Waals surface area (Å²) in [6, 6.07) is 8.91. The number of fused-ring (bicyclic) bond motifs is 7. The van der Waals surface area contributed by atoms with Gasteiger partial charge in [0.2, 0.25) is 6.29 Å². The molecule has 234 valence electrons. The number of halogens is 1. The van der Waals surface area contributed by atoms with Crippen LogP contribution in [0.15, 0.2) is 58.6 Å². The van der Waals surface area contributed by atoms with Gasteiger partial charge in [0.05, 0.1) is 18.8 Å². The van der Waals surface area contributed by atoms with Crippen molar-refractivity contribution in [3.63, 3.8) is 0 Å². The molecule has 1 aromatic carbocycles. The predicted molar refractivity (Wildman–Crippen MR) is 156 cm³/mol. The molecule has 2 aromatic rings. The summed E-state index contributed by atoms with van der Waals surface area (Å²) in [7, 11) is 0. The molecule has 1 saturated heterocycles. The normalized spacial score (nSPS) is 40.6. The Hall–Kier alpha value is -3.15. The highest BCUT2D eigenvalue weighted by molar-refractivity contribution is 6.01. The molecule has 4 aliphatic carbocycles. The van der Waals surface area contributed by atoms with Crippen molar-refractivity contribution in [1.82, 2.24) is 0 Å². The molecule has 0 spiro atoms. The zero-order valence-corrected chi connectivity index (χ0v) is 24.8. The van der Waals surface area contributed by atoms with Gasteiger partial charge in [-0.05, 0) is 74.4 Å². The van der Waals surface area contributed by atoms with Gasteiger partial charge in [0.25, 0.3) is 0 Å². The number of nitrogens with two attached hydrogens (primary N) is 1. The number of ketones is 2. The van der Waals surface area contributed by atoms with Crippen LogP contribution in [0.25, 0.3) is 0 Å². The third kappa shape index (κ3) is 3.75. The van der Waals surface area contributed by atoms with Crippen molar-refractivity contribution in [1.29, 1.82) is 0 Å². The first-order valence-electron chi connectivity index (χ1n) is 15.3. The minimum atomic E-state index is -2.06. The Balaban J connectivity index is 1.19. The summed E-state index contributed by atoms with van der Waals surface area (Å²) in [5.74, 6) is -0.800. The molecule has 5 N–H and O–H groups in total. The second-order valence-electron chi connectivity index (χ2n) is 13.6. The molecule has 44 heavy (non-hydrogen) atoms. The molecular weight excluding hydrogens is 569 g/mol. The number of carbonyl (C=O) groups excluding carboxylic acids is 2. The van der Waals surface area contributed by atoms with E-state index in [4.69, 9.17) is 19.6 Å². The van der Waals surface area contributed by atoms with Gasteiger partial charge in [-0.3, -0.25) is 9.59 Å². The number of furan rings is 1. The van der Waals surface area contributed by atoms with Crippen molar-refractivity contribution in [2.45, 2.75) is 82.3 Å². The second kappa shape index (κ2) is 9.92. The number of allylic oxidation sites excluding steroid dienone is 4. The first-order valence-corrected chi connectivity index (χ1v) is 15.3. The Morgan fingerprint density at radius 1 is 1.16 bits per heavy atom. The lowest BCUT2D eigenvalue weighted by Gasteiger charge is -2.62. The number of aliphatic hydroxyl groups excluding tert-OH is 3. The van der Waals surface area contributed by atoms with Gasteiger partial charge in [-0.1, -0.05) is 30.7 Å². The predicted octanol–water partition coefficient (Wildman–Crippen LogP) is 3.64. The van der Waals surface area contributed by atoms with Gasteiger partial charge in [-0.25, -0.2) is 4.39 Å². The summed E-state index contributed by atoms with van der Waals surface area (Å²) in [6.07, 6.45) is 2.74. The zero-order valence-electron chi connectivity index (χ0n) is 24.8. The molecule has 2 heterocycles. The number of Topliss-reactive ketones (excluding diaryl/α,β-unsaturated/α-hetero) is 1. The minimum absolute atomic E-state index is 0.0810. The highest BCUT2D eigenvalue weighted by Gasteiger charge is 2.79. The number of carbonyl (C=O) groups is 2. The molecular formula is C34H38FNO8. The van der Waals surface area contributed by atoms with E-state index in [0.717, 1.165) is 5.56 Å². The van der Waals surface area contributed by atoms with E-state index in [1.54, 1.807) is 37.3 Å². The first kappa shape index (κ1) is 29.6. The Morgan fingerprint density at radius 3 is 2.68 bits per heavy atom. The molecule has 0 unspecified atom stereocenters. The lowest BCUT2D eigenvalue weighted by Crippen LogP contribution is -2.69. The number of hydrogen-bond donors (Lipinski definition) is 4. The van der Waals surface area contributed by atoms with Gasteiger partial charge in [-0.2, -0.15) is 0 Å². The summed E-state index contributed by atoms with van der Waals surface area (Å²) in [4.78, 5) is 25.8. The van der Waals surface area contributed by atoms with Gasteiger partial charge >= 0.3 is 0 Å². The van der Waals surface area contributed by atoms with Gasteiger partial charge in [0.1, 0.15) is 12.4 Å². The van der Waals surface area contributed by atoms with E-state index in [0.29, 0.717) is 54.0 Å². The second-order valence-corrected chi connectivity index (χ2v) is 13.6. The van der Waals surface area contributed by atoms with Gasteiger partial charge < -0.3 is 34.9 Å². The molecule has 0 radical (unpaired) electrons. The van der Waals surface area contributed by atoms with Crippen molar-refractivity contribution in [3.05, 3.63) is 76.8 Å². The number of hydrogen-bond acceptors (Lipinski definition) is 9. The molecule has 5 aliphatic rings. The van der Waals surface area contributed by atoms with E-state index in [1.807, 2.05) is 13.0 Å². The minimum Gasteiger partial charge on any atom is -0.460 e. The highest BCUT2D eigenvalue weighted by Crippen LogP contribution is 2.72. The maximum absolute atomic E-state index is 17.5. The van der Waals surface area contributed by atoms with Crippen LogP contribution in [0.2, 0.25) is 0 Å². The number of ether oxygens (including phenoxy) is 2. The fraction of sp³-hybridized carbons (Fsp3) is 0.529. The van der Waals surface area contributed by atoms with Crippen molar-refractivity contribution in [2.75, 3.05) is 12.3 Å². The summed E-state index contributed by atoms with van der Waals surface area (Å²) in [5, 5.41) is 31.3. The van der Waals surface area contributed by atoms with Crippen LogP contribution < -0.4 is 5.73 Å². The summed E-state index contributed by atoms with van der Waals surface area (Å²) in [5.41, 5.74) is 2.84. The van der Waals surface area contributed by atoms with Crippen LogP contribution in [0.5, 0.6) is 0 Å². The lowest BCUT2D eigenvalue weighted by atomic mass is 9.44. The summed E-state index contributed by atoms with van der Waals surface area (Å²) in [6.45, 7) is 2.65. The summed E-state index contributed by atoms with van der Waals surface area (Å²) < 4.78 is 36.6. The van der Waals surface area contributed by atoms with Gasteiger partial charge in [0.15, 0.2) is 28.6 Å². The van der Waals surface area contributed by atoms with Crippen molar-refractivity contribution in [3.8, 4) is 0 Å². The molecule has 10 heteroatoms. The van der Waals surface area contributed by atoms with Crippen molar-refractivity contribution >= 4 is 17.3 Å². The van der Waals surface area contributed by atoms with E-state index < -0.39 is 58.9 Å². The number of aliphatic hydroxyl groups is 3. The smallest absolute Gasteiger partial charge is 0.218 e. The van der Waals surface area contributed by atoms with E-state index in [1.165, 1.54) is 12.2 Å². The van der Waals surface area contributed by atoms with Crippen LogP contribution >= 0.6 is 0 Å². The zero-order chi connectivity index (χ0) is 31.2. The number of alkyl halides is 1. The van der Waals surface area contributed by atoms with Gasteiger partial charge in [-0.15, -0.1) is 0 Å². The monoisotopic (exact) mass is 607 g/mol. The number of nitrogen functional groups attached to an aromatic ring is 1. The Labute approximate surface area is 254 Å². The van der Waals surface area contributed by atoms with Crippen LogP contribution in [0, 0.1) is 22.7 Å². The number of rotatable bonds is 6. The molecule has 7 rings (SSSR count). The third-order valence-corrected chi connectivity index (χ3v) is 11.6. The van der Waals surface area contributed by atoms with Crippen LogP contribution in [0.1, 0.15) is 68.5 Å². The topological polar surface area (TPSA) is 152 Å². The quantitative estimate of drug-likeness (QED) is 0.361. The standard InChI is InChI=1S/C34H38FNO8/c1-31-10-9-21(39)13-20(31)5-7-23-24-14-29-34(28(41)17-38,32(24,2)15-27(40)33(23,31)35)44-30(43-29)26-8-6-22(42-26)11-18-3-4-19(16-37)25(36)12-18/h3-4,6,8-10,12-13,23-24,27,29-30,37-38,40H,5,7,11,14-17,36H2,1-2H3/t23-,24-,27-,29+,30+,31-,32-,33-,34+/m0/s1. The third-order valence-electron chi connectivity index (χ3n) is 11.6. The molecule has 9 nitrogen and oxygen atoms in total. The van der Waals surface area contributed by atoms with Gasteiger partial charge in [0, 0.05) is 34.4 Å². The van der Waals surface area contributed by atoms with E-state index in [-0.39, 0.29) is 24.7 Å². The van der Waals surface area contributed by atoms with Crippen molar-refractivity contribution < 1.29 is 43.2 Å². The fourth-order valence-electron chi connectivity index (χ4n) is 9.42. The van der Waals surface area contributed by atoms with E-state index >= 15 is 4.39 Å². The lowest BCUT2D eigenvalue weighted by molar-refractivity contribution is -0.232. The summed E-state index contributed by atoms with van der Waals surface area (Å²) >= 11 is 0. The first-order chi connectivity index (χ1) is 20.9. The van der Waals surface area contributed by atoms with Crippen LogP contribution in [-0.4, -0.2) is 57.0 Å². The Kier molecular flexibility index (Phi) is 6.67. The average molecular weight is 608 g/mol. The molecule has 4 fully saturated rings. The molecule has 0 bridgehead atoms. The number of benzene rings is 1. The number of anilines is 1. The van der Waals surface area contributed by atoms with E-state index in [2.05, 4.69) is 0 Å². The van der Waals surface area contributed by atoms with Crippen LogP contribution in [-0.2, 0) is 32.1 Å². The Morgan fingerprint density at radius 2 is 1.95 bits per heavy atom. The SMILES string of the molecule is C[C@]12C=CC(=O)C=C1CC[C@H]1[C@@H]3C[C@H]4O[C@@H](c5ccc(Cc6ccc(CO)c(N)c6)o5)O[C@@]4(C(=O)CO)[C@@]3(C)C[C@H](O)[C@@]12F. The van der Waals surface area contributed by atoms with Crippen LogP contribution in [0.4, 0.5) is 10.1 Å². The molecule has 9 atom stereocenters. The van der Waals surface area contributed by atoms with Crippen LogP contribution in [0.3, 0.4) is 0 Å². The highest BCUT2D eigenvalue weighted by atomic mass is 19.1. The average Bonchev–Trinajstić information content (AvgIpc) is 3.67. The molecule has 0 amide bonds. The Bertz CT molecular complexity index is 1600. The maximum Gasteiger partial charge on any atom is 0.218 e. The fourth-order valence-corrected chi connectivity index (χ4v) is 9.42. The molecule has 1 aromatic heterocycles. The maximum atomic E-state index is 17.5. The largest absolute Gasteiger partial charge is 0.460 e. The molecule has 3 saturated carbocycles. The van der Waals surface area contributed by atoms with E-state index in [9.17, 15) is 24.9 Å². The van der Waals surface area contributed by atoms with Crippen molar-refractivity contribution in [2.24, 2.45) is 22.7 Å².